The largest absolute Gasteiger partial charge is 0.379 e. The van der Waals surface area contributed by atoms with Crippen molar-refractivity contribution in [3.05, 3.63) is 46.8 Å². The number of ether oxygens (including phenoxy) is 1. The molecule has 0 bridgehead atoms. The SMILES string of the molecule is CC[C@H](C)N1C(=O)/C(=C/N(CCN2CCOCC2)Cc2ccccc2F)SC1=S. The number of hydrogen-bond acceptors (Lipinski definition) is 6. The molecule has 0 aliphatic carbocycles. The molecule has 2 aliphatic rings. The van der Waals surface area contributed by atoms with Crippen LogP contribution in [0.1, 0.15) is 25.8 Å². The summed E-state index contributed by atoms with van der Waals surface area (Å²) in [5, 5.41) is 0. The highest BCUT2D eigenvalue weighted by Gasteiger charge is 2.35. The van der Waals surface area contributed by atoms with Crippen molar-refractivity contribution >= 4 is 34.2 Å². The first-order chi connectivity index (χ1) is 14.0. The summed E-state index contributed by atoms with van der Waals surface area (Å²) in [6, 6.07) is 6.85. The van der Waals surface area contributed by atoms with E-state index < -0.39 is 0 Å². The van der Waals surface area contributed by atoms with E-state index >= 15 is 0 Å². The normalized spacial score (nSPS) is 20.5. The first-order valence-electron chi connectivity index (χ1n) is 10.0. The fourth-order valence-corrected chi connectivity index (χ4v) is 4.80. The van der Waals surface area contributed by atoms with E-state index in [1.165, 1.54) is 17.8 Å². The molecular formula is C21H28FN3O2S2. The number of benzene rings is 1. The van der Waals surface area contributed by atoms with Crippen molar-refractivity contribution in [3.63, 3.8) is 0 Å². The van der Waals surface area contributed by atoms with Crippen LogP contribution in [0.15, 0.2) is 35.4 Å². The van der Waals surface area contributed by atoms with Crippen molar-refractivity contribution in [2.75, 3.05) is 39.4 Å². The molecule has 0 unspecified atom stereocenters. The number of morpholine rings is 1. The average molecular weight is 438 g/mol. The predicted octanol–water partition coefficient (Wildman–Crippen LogP) is 3.46. The van der Waals surface area contributed by atoms with E-state index in [0.717, 1.165) is 39.3 Å². The van der Waals surface area contributed by atoms with Crippen LogP contribution in [0, 0.1) is 5.82 Å². The molecule has 8 heteroatoms. The number of rotatable bonds is 8. The van der Waals surface area contributed by atoms with Gasteiger partial charge in [0.2, 0.25) is 0 Å². The van der Waals surface area contributed by atoms with Crippen LogP contribution in [0.25, 0.3) is 0 Å². The Kier molecular flexibility index (Phi) is 8.06. The molecule has 3 rings (SSSR count). The molecule has 0 N–H and O–H groups in total. The highest BCUT2D eigenvalue weighted by atomic mass is 32.2. The number of hydrogen-bond donors (Lipinski definition) is 0. The van der Waals surface area contributed by atoms with Crippen LogP contribution in [0.5, 0.6) is 0 Å². The van der Waals surface area contributed by atoms with Crippen LogP contribution >= 0.6 is 24.0 Å². The van der Waals surface area contributed by atoms with Gasteiger partial charge in [-0.1, -0.05) is 49.1 Å². The molecule has 0 spiro atoms. The third kappa shape index (κ3) is 5.78. The molecule has 5 nitrogen and oxygen atoms in total. The zero-order valence-corrected chi connectivity index (χ0v) is 18.6. The van der Waals surface area contributed by atoms with E-state index in [9.17, 15) is 9.18 Å². The van der Waals surface area contributed by atoms with E-state index in [2.05, 4.69) is 4.90 Å². The van der Waals surface area contributed by atoms with E-state index in [1.54, 1.807) is 17.0 Å². The van der Waals surface area contributed by atoms with E-state index in [4.69, 9.17) is 17.0 Å². The molecule has 29 heavy (non-hydrogen) atoms. The van der Waals surface area contributed by atoms with Gasteiger partial charge in [-0.3, -0.25) is 14.6 Å². The van der Waals surface area contributed by atoms with E-state index in [0.29, 0.717) is 27.9 Å². The quantitative estimate of drug-likeness (QED) is 0.458. The Bertz CT molecular complexity index is 768. The van der Waals surface area contributed by atoms with Crippen molar-refractivity contribution in [3.8, 4) is 0 Å². The van der Waals surface area contributed by atoms with Crippen molar-refractivity contribution in [2.45, 2.75) is 32.9 Å². The lowest BCUT2D eigenvalue weighted by molar-refractivity contribution is -0.123. The zero-order valence-electron chi connectivity index (χ0n) is 17.0. The highest BCUT2D eigenvalue weighted by molar-refractivity contribution is 8.26. The maximum Gasteiger partial charge on any atom is 0.267 e. The second-order valence-corrected chi connectivity index (χ2v) is 8.99. The topological polar surface area (TPSA) is 36.0 Å². The summed E-state index contributed by atoms with van der Waals surface area (Å²) >= 11 is 6.76. The summed E-state index contributed by atoms with van der Waals surface area (Å²) in [4.78, 5) is 19.5. The zero-order chi connectivity index (χ0) is 20.8. The minimum absolute atomic E-state index is 0.0562. The van der Waals surface area contributed by atoms with Gasteiger partial charge in [0.15, 0.2) is 0 Å². The summed E-state index contributed by atoms with van der Waals surface area (Å²) in [5.74, 6) is -0.288. The second kappa shape index (κ2) is 10.5. The molecule has 1 aromatic carbocycles. The van der Waals surface area contributed by atoms with Gasteiger partial charge in [-0.2, -0.15) is 0 Å². The van der Waals surface area contributed by atoms with Crippen LogP contribution in [0.4, 0.5) is 4.39 Å². The number of nitrogens with zero attached hydrogens (tertiary/aromatic N) is 3. The Hall–Kier alpha value is -1.48. The second-order valence-electron chi connectivity index (χ2n) is 7.31. The van der Waals surface area contributed by atoms with E-state index in [-0.39, 0.29) is 17.8 Å². The molecule has 158 valence electrons. The minimum atomic E-state index is -0.232. The highest BCUT2D eigenvalue weighted by Crippen LogP contribution is 2.33. The molecule has 0 saturated carbocycles. The Morgan fingerprint density at radius 3 is 2.76 bits per heavy atom. The lowest BCUT2D eigenvalue weighted by atomic mass is 10.2. The lowest BCUT2D eigenvalue weighted by Crippen LogP contribution is -2.40. The van der Waals surface area contributed by atoms with E-state index in [1.807, 2.05) is 31.0 Å². The van der Waals surface area contributed by atoms with Gasteiger partial charge in [-0.25, -0.2) is 4.39 Å². The number of carbonyl (C=O) groups excluding carboxylic acids is 1. The van der Waals surface area contributed by atoms with Crippen molar-refractivity contribution < 1.29 is 13.9 Å². The fraction of sp³-hybridized carbons (Fsp3) is 0.524. The third-order valence-corrected chi connectivity index (χ3v) is 6.61. The van der Waals surface area contributed by atoms with Crippen molar-refractivity contribution in [1.29, 1.82) is 0 Å². The molecule has 0 aromatic heterocycles. The number of carbonyl (C=O) groups is 1. The summed E-state index contributed by atoms with van der Waals surface area (Å²) < 4.78 is 20.2. The molecule has 1 aromatic rings. The maximum atomic E-state index is 14.2. The molecule has 2 aliphatic heterocycles. The van der Waals surface area contributed by atoms with Crippen LogP contribution in [-0.2, 0) is 16.1 Å². The smallest absolute Gasteiger partial charge is 0.267 e. The first-order valence-corrected chi connectivity index (χ1v) is 11.3. The van der Waals surface area contributed by atoms with Crippen LogP contribution < -0.4 is 0 Å². The molecule has 2 saturated heterocycles. The van der Waals surface area contributed by atoms with Gasteiger partial charge < -0.3 is 9.64 Å². The Balaban J connectivity index is 1.76. The van der Waals surface area contributed by atoms with Gasteiger partial charge in [-0.05, 0) is 19.4 Å². The van der Waals surface area contributed by atoms with Crippen molar-refractivity contribution in [2.24, 2.45) is 0 Å². The first kappa shape index (κ1) is 22.2. The minimum Gasteiger partial charge on any atom is -0.379 e. The molecule has 1 amide bonds. The average Bonchev–Trinajstić information content (AvgIpc) is 3.01. The monoisotopic (exact) mass is 437 g/mol. The number of thiocarbonyl (C=S) groups is 1. The van der Waals surface area contributed by atoms with Crippen LogP contribution in [0.2, 0.25) is 0 Å². The summed E-state index contributed by atoms with van der Waals surface area (Å²) in [5.41, 5.74) is 0.614. The van der Waals surface area contributed by atoms with Crippen LogP contribution in [-0.4, -0.2) is 70.4 Å². The third-order valence-electron chi connectivity index (χ3n) is 5.29. The van der Waals surface area contributed by atoms with Gasteiger partial charge in [0.25, 0.3) is 5.91 Å². The molecule has 2 fully saturated rings. The number of amides is 1. The summed E-state index contributed by atoms with van der Waals surface area (Å²) in [6.07, 6.45) is 2.70. The predicted molar refractivity (Wildman–Crippen MR) is 119 cm³/mol. The molecule has 2 heterocycles. The van der Waals surface area contributed by atoms with Gasteiger partial charge >= 0.3 is 0 Å². The maximum absolute atomic E-state index is 14.2. The van der Waals surface area contributed by atoms with Gasteiger partial charge in [0.05, 0.1) is 18.1 Å². The fourth-order valence-electron chi connectivity index (χ4n) is 3.33. The number of thioether (sulfide) groups is 1. The Morgan fingerprint density at radius 2 is 2.07 bits per heavy atom. The molecule has 0 radical (unpaired) electrons. The number of halogens is 1. The summed E-state index contributed by atoms with van der Waals surface area (Å²) in [7, 11) is 0. The Labute approximate surface area is 181 Å². The Morgan fingerprint density at radius 1 is 1.34 bits per heavy atom. The van der Waals surface area contributed by atoms with Gasteiger partial charge in [0.1, 0.15) is 10.1 Å². The molecule has 1 atom stereocenters. The summed E-state index contributed by atoms with van der Waals surface area (Å²) in [6.45, 7) is 9.24. The standard InChI is InChI=1S/C21H28FN3O2S2/c1-3-16(2)25-20(26)19(29-21(25)28)15-24(9-8-23-10-12-27-13-11-23)14-17-6-4-5-7-18(17)22/h4-7,15-16H,3,8-14H2,1-2H3/b19-15-/t16-/m0/s1. The van der Waals surface area contributed by atoms with Gasteiger partial charge in [-0.15, -0.1) is 0 Å². The van der Waals surface area contributed by atoms with Crippen molar-refractivity contribution in [1.82, 2.24) is 14.7 Å². The lowest BCUT2D eigenvalue weighted by Gasteiger charge is -2.30. The van der Waals surface area contributed by atoms with Gasteiger partial charge in [0, 0.05) is 50.5 Å². The molecular weight excluding hydrogens is 409 g/mol. The van der Waals surface area contributed by atoms with Crippen LogP contribution in [0.3, 0.4) is 0 Å².